The molecule has 0 saturated heterocycles. The Morgan fingerprint density at radius 2 is 1.21 bits per heavy atom. The minimum atomic E-state index is -3.89. The van der Waals surface area contributed by atoms with Gasteiger partial charge in [-0.3, -0.25) is 9.05 Å². The zero-order valence-electron chi connectivity index (χ0n) is 16.8. The van der Waals surface area contributed by atoms with Crippen LogP contribution in [-0.4, -0.2) is 18.1 Å². The van der Waals surface area contributed by atoms with E-state index in [2.05, 4.69) is 34.6 Å². The molecular weight excluding hydrogens is 512 g/mol. The third-order valence-corrected chi connectivity index (χ3v) is 4.98. The van der Waals surface area contributed by atoms with Crippen molar-refractivity contribution in [2.24, 2.45) is 11.8 Å². The van der Waals surface area contributed by atoms with Gasteiger partial charge in [-0.1, -0.05) is 66.2 Å². The van der Waals surface area contributed by atoms with E-state index in [0.29, 0.717) is 25.0 Å². The number of rotatable bonds is 14. The number of unbranched alkanes of at least 4 members (excludes halogenated alkanes) is 2. The van der Waals surface area contributed by atoms with Gasteiger partial charge >= 0.3 is 44.8 Å². The van der Waals surface area contributed by atoms with Crippen LogP contribution >= 0.6 is 7.82 Å². The Hall–Kier alpha value is 1.05. The Morgan fingerprint density at radius 3 is 1.46 bits per heavy atom. The van der Waals surface area contributed by atoms with Crippen LogP contribution in [0.1, 0.15) is 86.0 Å². The van der Waals surface area contributed by atoms with Gasteiger partial charge in [0.2, 0.25) is 0 Å². The Morgan fingerprint density at radius 1 is 0.875 bits per heavy atom. The molecule has 6 heteroatoms. The molecule has 143 valence electrons. The Balaban J connectivity index is 0. The summed E-state index contributed by atoms with van der Waals surface area (Å²) < 4.78 is 23.7. The summed E-state index contributed by atoms with van der Waals surface area (Å²) in [5.41, 5.74) is 0. The van der Waals surface area contributed by atoms with Crippen molar-refractivity contribution in [1.82, 2.24) is 0 Å². The molecule has 0 aliphatic heterocycles. The van der Waals surface area contributed by atoms with Crippen LogP contribution in [0, 0.1) is 11.8 Å². The van der Waals surface area contributed by atoms with E-state index in [1.807, 2.05) is 0 Å². The van der Waals surface area contributed by atoms with E-state index in [-0.39, 0.29) is 0 Å². The molecule has 0 bridgehead atoms. The molecule has 0 rings (SSSR count). The quantitative estimate of drug-likeness (QED) is 0.197. The normalized spacial score (nSPS) is 16.0. The maximum absolute atomic E-state index is 11.9. The molecule has 1 N–H and O–H groups in total. The van der Waals surface area contributed by atoms with Crippen LogP contribution in [0.15, 0.2) is 0 Å². The molecule has 0 amide bonds. The van der Waals surface area contributed by atoms with Gasteiger partial charge in [-0.25, -0.2) is 4.57 Å². The third-order valence-electron chi connectivity index (χ3n) is 4.03. The first-order chi connectivity index (χ1) is 11.4. The predicted molar refractivity (Wildman–Crippen MR) is 98.8 cm³/mol. The summed E-state index contributed by atoms with van der Waals surface area (Å²) in [6.45, 7) is 11.3. The fourth-order valence-corrected chi connectivity index (χ4v) is 3.11. The second-order valence-electron chi connectivity index (χ2n) is 6.39. The van der Waals surface area contributed by atoms with E-state index in [1.54, 1.807) is 0 Å². The number of phosphoric ester groups is 1. The molecule has 0 aromatic carbocycles. The van der Waals surface area contributed by atoms with Crippen LogP contribution in [0.2, 0.25) is 3.93 Å². The third kappa shape index (κ3) is 17.9. The molecule has 0 fully saturated rings. The molecule has 0 aliphatic rings. The summed E-state index contributed by atoms with van der Waals surface area (Å²) in [5, 5.41) is 0. The van der Waals surface area contributed by atoms with Crippen molar-refractivity contribution in [3.05, 3.63) is 0 Å². The number of phosphoric acid groups is 1. The fourth-order valence-electron chi connectivity index (χ4n) is 2.23. The van der Waals surface area contributed by atoms with Crippen LogP contribution in [-0.2, 0) is 39.7 Å². The molecule has 0 aliphatic carbocycles. The van der Waals surface area contributed by atoms with Gasteiger partial charge in [0.25, 0.3) is 0 Å². The molecule has 2 unspecified atom stereocenters. The van der Waals surface area contributed by atoms with Crippen LogP contribution in [0.4, 0.5) is 0 Å². The molecular formula is C18H40HgO4P. The molecule has 0 radical (unpaired) electrons. The summed E-state index contributed by atoms with van der Waals surface area (Å²) in [5.74, 6) is 0.687. The van der Waals surface area contributed by atoms with E-state index in [4.69, 9.17) is 9.05 Å². The van der Waals surface area contributed by atoms with E-state index in [0.717, 1.165) is 77.5 Å². The van der Waals surface area contributed by atoms with Crippen LogP contribution < -0.4 is 0 Å². The topological polar surface area (TPSA) is 55.8 Å². The van der Waals surface area contributed by atoms with Gasteiger partial charge in [-0.15, -0.1) is 0 Å². The fraction of sp³-hybridized carbons (Fsp3) is 1.00. The first kappa shape index (κ1) is 27.3. The average Bonchev–Trinajstić information content (AvgIpc) is 2.56. The van der Waals surface area contributed by atoms with Crippen molar-refractivity contribution in [3.8, 4) is 0 Å². The summed E-state index contributed by atoms with van der Waals surface area (Å²) in [6.07, 6.45) is 8.56. The van der Waals surface area contributed by atoms with Crippen molar-refractivity contribution < 1.29 is 44.6 Å². The summed E-state index contributed by atoms with van der Waals surface area (Å²) in [6, 6.07) is 0. The summed E-state index contributed by atoms with van der Waals surface area (Å²) in [7, 11) is -3.89. The average molecular weight is 552 g/mol. The maximum atomic E-state index is 11.9. The Bertz CT molecular complexity index is 279. The van der Waals surface area contributed by atoms with Crippen molar-refractivity contribution in [2.75, 3.05) is 13.2 Å². The van der Waals surface area contributed by atoms with Crippen molar-refractivity contribution in [3.63, 3.8) is 0 Å². The van der Waals surface area contributed by atoms with E-state index >= 15 is 0 Å². The predicted octanol–water partition coefficient (Wildman–Crippen LogP) is 6.52. The van der Waals surface area contributed by atoms with Gasteiger partial charge in [0.1, 0.15) is 0 Å². The van der Waals surface area contributed by atoms with Crippen molar-refractivity contribution in [1.29, 1.82) is 0 Å². The van der Waals surface area contributed by atoms with Crippen LogP contribution in [0.5, 0.6) is 0 Å². The molecule has 0 heterocycles. The van der Waals surface area contributed by atoms with Gasteiger partial charge in [-0.2, -0.15) is 0 Å². The number of hydrogen-bond donors (Lipinski definition) is 1. The van der Waals surface area contributed by atoms with Gasteiger partial charge in [0.15, 0.2) is 0 Å². The number of hydrogen-bond acceptors (Lipinski definition) is 3. The first-order valence-electron chi connectivity index (χ1n) is 9.81. The van der Waals surface area contributed by atoms with Gasteiger partial charge in [-0.05, 0) is 24.7 Å². The first-order valence-corrected chi connectivity index (χ1v) is 15.2. The van der Waals surface area contributed by atoms with E-state index in [1.165, 1.54) is 3.93 Å². The molecule has 4 nitrogen and oxygen atoms in total. The van der Waals surface area contributed by atoms with E-state index < -0.39 is 7.82 Å². The van der Waals surface area contributed by atoms with Gasteiger partial charge in [0.05, 0.1) is 13.2 Å². The van der Waals surface area contributed by atoms with Crippen LogP contribution in [0.25, 0.3) is 0 Å². The molecule has 0 aromatic rings. The molecule has 0 saturated carbocycles. The monoisotopic (exact) mass is 553 g/mol. The summed E-state index contributed by atoms with van der Waals surface area (Å²) >= 11 is 1.07. The molecule has 0 aromatic heterocycles. The van der Waals surface area contributed by atoms with E-state index in [9.17, 15) is 9.46 Å². The van der Waals surface area contributed by atoms with Gasteiger partial charge in [0, 0.05) is 0 Å². The van der Waals surface area contributed by atoms with Crippen molar-refractivity contribution >= 4 is 7.82 Å². The second kappa shape index (κ2) is 18.8. The Labute approximate surface area is 167 Å². The summed E-state index contributed by atoms with van der Waals surface area (Å²) in [4.78, 5) is 9.77. The zero-order chi connectivity index (χ0) is 18.8. The molecule has 24 heavy (non-hydrogen) atoms. The second-order valence-corrected chi connectivity index (χ2v) is 11.7. The standard InChI is InChI=1S/C16H35O4P.C2H5.Hg/c1-5-9-11-15(7-3)13-19-21(17,18)20-14-16(8-4)12-10-6-2;1-2;/h15-16H,5-14H2,1-4H3,(H,17,18);1H2,2H3;. The minimum absolute atomic E-state index is 0.316. The zero-order valence-corrected chi connectivity index (χ0v) is 23.2. The molecule has 2 atom stereocenters. The van der Waals surface area contributed by atoms with Gasteiger partial charge < -0.3 is 4.89 Å². The Kier molecular flexibility index (Phi) is 21.4. The van der Waals surface area contributed by atoms with Crippen molar-refractivity contribution in [2.45, 2.75) is 89.9 Å². The van der Waals surface area contributed by atoms with Crippen LogP contribution in [0.3, 0.4) is 0 Å². The molecule has 0 spiro atoms. The SMILES string of the molecule is CCCCC(CC)COP(=O)(O)OCC(CC)CCCC.C[CH2][Hg].